The number of hydrogen-bond acceptors (Lipinski definition) is 3. The molecule has 0 bridgehead atoms. The number of piperazine rings is 1. The number of halogens is 1. The van der Waals surface area contributed by atoms with Gasteiger partial charge in [-0.2, -0.15) is 4.31 Å². The second kappa shape index (κ2) is 9.53. The van der Waals surface area contributed by atoms with Crippen molar-refractivity contribution in [3.8, 4) is 0 Å². The number of sulfonamides is 1. The first-order chi connectivity index (χ1) is 15.4. The Kier molecular flexibility index (Phi) is 6.74. The minimum atomic E-state index is -3.53. The molecule has 6 heteroatoms. The summed E-state index contributed by atoms with van der Waals surface area (Å²) in [7, 11) is -3.53. The fourth-order valence-corrected chi connectivity index (χ4v) is 5.69. The van der Waals surface area contributed by atoms with E-state index in [1.54, 1.807) is 16.4 Å². The predicted molar refractivity (Wildman–Crippen MR) is 126 cm³/mol. The molecule has 4 rings (SSSR count). The first-order valence-electron chi connectivity index (χ1n) is 11.0. The maximum atomic E-state index is 13.5. The Labute approximate surface area is 190 Å². The van der Waals surface area contributed by atoms with Crippen LogP contribution in [0, 0.1) is 5.82 Å². The normalized spacial score (nSPS) is 16.9. The molecule has 0 aliphatic carbocycles. The predicted octanol–water partition coefficient (Wildman–Crippen LogP) is 5.05. The number of benzene rings is 3. The molecule has 4 nitrogen and oxygen atoms in total. The van der Waals surface area contributed by atoms with Crippen LogP contribution in [0.15, 0.2) is 83.8 Å². The van der Waals surface area contributed by atoms with Crippen LogP contribution in [0.2, 0.25) is 0 Å². The standard InChI is InChI=1S/C26H29FN2O2S/c1-20(2)21-10-14-25(15-11-21)32(30,31)29-18-16-28(17-19-29)26(22-6-4-3-5-7-22)23-8-12-24(27)13-9-23/h3-15,20,26H,16-19H2,1-2H3/t26-/m0/s1. The van der Waals surface area contributed by atoms with Crippen molar-refractivity contribution in [1.29, 1.82) is 0 Å². The molecule has 1 aliphatic heterocycles. The molecule has 0 N–H and O–H groups in total. The highest BCUT2D eigenvalue weighted by Crippen LogP contribution is 2.31. The Morgan fingerprint density at radius 2 is 1.25 bits per heavy atom. The Hall–Kier alpha value is -2.54. The second-order valence-electron chi connectivity index (χ2n) is 8.53. The van der Waals surface area contributed by atoms with Crippen molar-refractivity contribution in [2.24, 2.45) is 0 Å². The number of nitrogens with zero attached hydrogens (tertiary/aromatic N) is 2. The molecule has 0 unspecified atom stereocenters. The van der Waals surface area contributed by atoms with E-state index in [4.69, 9.17) is 0 Å². The molecule has 1 saturated heterocycles. The van der Waals surface area contributed by atoms with Crippen LogP contribution in [-0.4, -0.2) is 43.8 Å². The van der Waals surface area contributed by atoms with E-state index < -0.39 is 10.0 Å². The fraction of sp³-hybridized carbons (Fsp3) is 0.308. The van der Waals surface area contributed by atoms with E-state index in [-0.39, 0.29) is 11.9 Å². The largest absolute Gasteiger partial charge is 0.290 e. The zero-order valence-electron chi connectivity index (χ0n) is 18.5. The summed E-state index contributed by atoms with van der Waals surface area (Å²) in [5, 5.41) is 0. The summed E-state index contributed by atoms with van der Waals surface area (Å²) < 4.78 is 41.5. The van der Waals surface area contributed by atoms with E-state index >= 15 is 0 Å². The Morgan fingerprint density at radius 1 is 0.719 bits per heavy atom. The highest BCUT2D eigenvalue weighted by atomic mass is 32.2. The lowest BCUT2D eigenvalue weighted by atomic mass is 9.96. The van der Waals surface area contributed by atoms with Crippen LogP contribution >= 0.6 is 0 Å². The lowest BCUT2D eigenvalue weighted by Crippen LogP contribution is -2.49. The number of hydrogen-bond donors (Lipinski definition) is 0. The third-order valence-electron chi connectivity index (χ3n) is 6.12. The van der Waals surface area contributed by atoms with Crippen LogP contribution in [0.25, 0.3) is 0 Å². The van der Waals surface area contributed by atoms with Crippen LogP contribution in [0.3, 0.4) is 0 Å². The molecule has 32 heavy (non-hydrogen) atoms. The van der Waals surface area contributed by atoms with E-state index in [9.17, 15) is 12.8 Å². The molecule has 0 aromatic heterocycles. The van der Waals surface area contributed by atoms with Gasteiger partial charge in [0.25, 0.3) is 0 Å². The maximum Gasteiger partial charge on any atom is 0.243 e. The molecule has 0 radical (unpaired) electrons. The van der Waals surface area contributed by atoms with Crippen molar-refractivity contribution < 1.29 is 12.8 Å². The fourth-order valence-electron chi connectivity index (χ4n) is 4.27. The molecule has 0 saturated carbocycles. The van der Waals surface area contributed by atoms with Gasteiger partial charge in [-0.1, -0.05) is 68.4 Å². The van der Waals surface area contributed by atoms with Gasteiger partial charge in [-0.15, -0.1) is 0 Å². The summed E-state index contributed by atoms with van der Waals surface area (Å²) in [6.07, 6.45) is 0. The molecule has 1 heterocycles. The lowest BCUT2D eigenvalue weighted by molar-refractivity contribution is 0.155. The van der Waals surface area contributed by atoms with E-state index in [0.29, 0.717) is 37.0 Å². The molecule has 3 aromatic carbocycles. The van der Waals surface area contributed by atoms with Gasteiger partial charge in [-0.3, -0.25) is 4.90 Å². The van der Waals surface area contributed by atoms with Gasteiger partial charge < -0.3 is 0 Å². The van der Waals surface area contributed by atoms with Crippen molar-refractivity contribution in [3.05, 3.63) is 101 Å². The van der Waals surface area contributed by atoms with Crippen molar-refractivity contribution in [3.63, 3.8) is 0 Å². The van der Waals surface area contributed by atoms with E-state index in [2.05, 4.69) is 30.9 Å². The summed E-state index contributed by atoms with van der Waals surface area (Å²) in [5.74, 6) is 0.0941. The smallest absolute Gasteiger partial charge is 0.243 e. The Morgan fingerprint density at radius 3 is 1.81 bits per heavy atom. The number of rotatable bonds is 6. The first kappa shape index (κ1) is 22.6. The van der Waals surface area contributed by atoms with E-state index in [1.165, 1.54) is 12.1 Å². The van der Waals surface area contributed by atoms with Crippen LogP contribution in [0.4, 0.5) is 4.39 Å². The minimum Gasteiger partial charge on any atom is -0.290 e. The zero-order chi connectivity index (χ0) is 22.7. The highest BCUT2D eigenvalue weighted by molar-refractivity contribution is 7.89. The highest BCUT2D eigenvalue weighted by Gasteiger charge is 2.32. The molecule has 1 aliphatic rings. The molecule has 0 spiro atoms. The molecular weight excluding hydrogens is 423 g/mol. The maximum absolute atomic E-state index is 13.5. The molecule has 1 atom stereocenters. The molecular formula is C26H29FN2O2S. The van der Waals surface area contributed by atoms with Crippen molar-refractivity contribution in [2.45, 2.75) is 30.7 Å². The van der Waals surface area contributed by atoms with Crippen molar-refractivity contribution in [2.75, 3.05) is 26.2 Å². The first-order valence-corrected chi connectivity index (χ1v) is 12.4. The topological polar surface area (TPSA) is 40.6 Å². The summed E-state index contributed by atoms with van der Waals surface area (Å²) >= 11 is 0. The Bertz CT molecular complexity index is 1120. The molecule has 1 fully saturated rings. The van der Waals surface area contributed by atoms with Gasteiger partial charge in [0.15, 0.2) is 0 Å². The monoisotopic (exact) mass is 452 g/mol. The summed E-state index contributed by atoms with van der Waals surface area (Å²) in [6.45, 7) is 6.21. The van der Waals surface area contributed by atoms with E-state index in [0.717, 1.165) is 16.7 Å². The SMILES string of the molecule is CC(C)c1ccc(S(=O)(=O)N2CCN([C@@H](c3ccccc3)c3ccc(F)cc3)CC2)cc1. The van der Waals surface area contributed by atoms with Gasteiger partial charge in [0.1, 0.15) is 5.82 Å². The molecule has 3 aromatic rings. The van der Waals surface area contributed by atoms with Crippen molar-refractivity contribution >= 4 is 10.0 Å². The average Bonchev–Trinajstić information content (AvgIpc) is 2.81. The second-order valence-corrected chi connectivity index (χ2v) is 10.5. The van der Waals surface area contributed by atoms with Gasteiger partial charge in [0.2, 0.25) is 10.0 Å². The minimum absolute atomic E-state index is 0.0491. The van der Waals surface area contributed by atoms with Crippen LogP contribution in [0.1, 0.15) is 42.5 Å². The van der Waals surface area contributed by atoms with Gasteiger partial charge >= 0.3 is 0 Å². The average molecular weight is 453 g/mol. The van der Waals surface area contributed by atoms with Gasteiger partial charge in [-0.25, -0.2) is 12.8 Å². The summed E-state index contributed by atoms with van der Waals surface area (Å²) in [6, 6.07) is 23.8. The van der Waals surface area contributed by atoms with Gasteiger partial charge in [0, 0.05) is 26.2 Å². The summed E-state index contributed by atoms with van der Waals surface area (Å²) in [4.78, 5) is 2.62. The third kappa shape index (κ3) is 4.77. The Balaban J connectivity index is 1.53. The van der Waals surface area contributed by atoms with Gasteiger partial charge in [0.05, 0.1) is 10.9 Å². The summed E-state index contributed by atoms with van der Waals surface area (Å²) in [5.41, 5.74) is 3.23. The zero-order valence-corrected chi connectivity index (χ0v) is 19.3. The molecule has 168 valence electrons. The quantitative estimate of drug-likeness (QED) is 0.526. The van der Waals surface area contributed by atoms with Crippen LogP contribution < -0.4 is 0 Å². The van der Waals surface area contributed by atoms with Crippen molar-refractivity contribution in [1.82, 2.24) is 9.21 Å². The van der Waals surface area contributed by atoms with E-state index in [1.807, 2.05) is 42.5 Å². The van der Waals surface area contributed by atoms with Crippen LogP contribution in [-0.2, 0) is 10.0 Å². The third-order valence-corrected chi connectivity index (χ3v) is 8.04. The molecule has 0 amide bonds. The van der Waals surface area contributed by atoms with Crippen LogP contribution in [0.5, 0.6) is 0 Å². The van der Waals surface area contributed by atoms with Gasteiger partial charge in [-0.05, 0) is 46.9 Å². The lowest BCUT2D eigenvalue weighted by Gasteiger charge is -2.39.